The molecule has 36 heavy (non-hydrogen) atoms. The number of hydrogen-bond donors (Lipinski definition) is 2. The molecule has 0 saturated carbocycles. The van der Waals surface area contributed by atoms with Crippen molar-refractivity contribution in [2.45, 2.75) is 63.1 Å². The van der Waals surface area contributed by atoms with E-state index in [1.807, 2.05) is 30.3 Å². The zero-order valence-electron chi connectivity index (χ0n) is 21.3. The minimum atomic E-state index is -0.760. The van der Waals surface area contributed by atoms with E-state index in [2.05, 4.69) is 18.5 Å². The number of unbranched alkanes of at least 4 members (excludes halogenated alkanes) is 1. The lowest BCUT2D eigenvalue weighted by molar-refractivity contribution is -0.153. The third-order valence-electron chi connectivity index (χ3n) is 6.37. The molecule has 1 saturated heterocycles. The average molecular weight is 501 g/mol. The monoisotopic (exact) mass is 500 g/mol. The molecule has 2 amide bonds. The van der Waals surface area contributed by atoms with Gasteiger partial charge in [-0.1, -0.05) is 42.5 Å². The maximum atomic E-state index is 13.4. The molecule has 1 aliphatic rings. The number of rotatable bonds is 16. The number of nitrogens with one attached hydrogen (secondary N) is 1. The molecule has 0 bridgehead atoms. The van der Waals surface area contributed by atoms with Crippen molar-refractivity contribution in [1.82, 2.24) is 10.2 Å². The van der Waals surface area contributed by atoms with Crippen LogP contribution >= 0.6 is 0 Å². The fourth-order valence-electron chi connectivity index (χ4n) is 4.47. The van der Waals surface area contributed by atoms with Crippen molar-refractivity contribution in [1.29, 1.82) is 0 Å². The first-order chi connectivity index (χ1) is 17.4. The van der Waals surface area contributed by atoms with Crippen molar-refractivity contribution in [3.63, 3.8) is 0 Å². The summed E-state index contributed by atoms with van der Waals surface area (Å²) in [6.45, 7) is 8.02. The zero-order chi connectivity index (χ0) is 26.3. The Morgan fingerprint density at radius 1 is 1.22 bits per heavy atom. The predicted molar refractivity (Wildman–Crippen MR) is 138 cm³/mol. The Bertz CT molecular complexity index is 859. The van der Waals surface area contributed by atoms with Crippen LogP contribution < -0.4 is 5.32 Å². The summed E-state index contributed by atoms with van der Waals surface area (Å²) in [5, 5.41) is 12.5. The summed E-state index contributed by atoms with van der Waals surface area (Å²) in [5.74, 6) is -1.52. The number of benzene rings is 1. The third kappa shape index (κ3) is 8.91. The first-order valence-corrected chi connectivity index (χ1v) is 12.6. The van der Waals surface area contributed by atoms with Crippen molar-refractivity contribution >= 4 is 17.8 Å². The van der Waals surface area contributed by atoms with Gasteiger partial charge in [0.1, 0.15) is 6.10 Å². The molecule has 1 aliphatic heterocycles. The van der Waals surface area contributed by atoms with Crippen LogP contribution in [0, 0.1) is 5.92 Å². The van der Waals surface area contributed by atoms with E-state index in [-0.39, 0.29) is 49.9 Å². The fourth-order valence-corrected chi connectivity index (χ4v) is 4.47. The number of likely N-dealkylation sites (tertiary alicyclic amines) is 1. The van der Waals surface area contributed by atoms with Crippen molar-refractivity contribution in [2.24, 2.45) is 5.92 Å². The molecular weight excluding hydrogens is 460 g/mol. The predicted octanol–water partition coefficient (Wildman–Crippen LogP) is 3.32. The Labute approximate surface area is 214 Å². The maximum Gasteiger partial charge on any atom is 0.306 e. The van der Waals surface area contributed by atoms with E-state index < -0.39 is 18.1 Å². The second-order valence-corrected chi connectivity index (χ2v) is 9.06. The molecule has 0 radical (unpaired) electrons. The molecule has 4 atom stereocenters. The number of amides is 2. The smallest absolute Gasteiger partial charge is 0.306 e. The first-order valence-electron chi connectivity index (χ1n) is 12.6. The Balaban J connectivity index is 2.18. The second kappa shape index (κ2) is 15.9. The van der Waals surface area contributed by atoms with Crippen LogP contribution in [0.25, 0.3) is 0 Å². The lowest BCUT2D eigenvalue weighted by Crippen LogP contribution is -2.47. The standard InChI is InChI=1S/C28H40N2O6/c1-4-6-8-16-26(33)36-27(21-13-9-7-10-14-21)24(20-35-3)29-28(34)22(12-5-2)18-25(32)30-17-11-15-23(30)19-31/h4-5,7,9-10,13-14,22-24,27,31H,1-2,6,8,11-12,15-20H2,3H3,(H,29,34)/t22-,23+,24+,27+/m1/s1. The van der Waals surface area contributed by atoms with Gasteiger partial charge < -0.3 is 24.8 Å². The van der Waals surface area contributed by atoms with Crippen LogP contribution in [-0.4, -0.2) is 66.7 Å². The lowest BCUT2D eigenvalue weighted by atomic mass is 9.97. The quantitative estimate of drug-likeness (QED) is 0.205. The Morgan fingerprint density at radius 3 is 2.61 bits per heavy atom. The summed E-state index contributed by atoms with van der Waals surface area (Å²) in [5.41, 5.74) is 0.733. The zero-order valence-corrected chi connectivity index (χ0v) is 21.3. The molecule has 2 rings (SSSR count). The molecule has 8 heteroatoms. The number of esters is 1. The van der Waals surface area contributed by atoms with Gasteiger partial charge in [0.05, 0.1) is 31.2 Å². The number of methoxy groups -OCH3 is 1. The highest BCUT2D eigenvalue weighted by atomic mass is 16.5. The van der Waals surface area contributed by atoms with E-state index >= 15 is 0 Å². The molecular formula is C28H40N2O6. The summed E-state index contributed by atoms with van der Waals surface area (Å²) < 4.78 is 11.2. The molecule has 1 aromatic carbocycles. The summed E-state index contributed by atoms with van der Waals surface area (Å²) in [6.07, 6.45) is 6.08. The van der Waals surface area contributed by atoms with E-state index in [0.29, 0.717) is 25.8 Å². The summed E-state index contributed by atoms with van der Waals surface area (Å²) in [4.78, 5) is 40.6. The highest BCUT2D eigenvalue weighted by molar-refractivity contribution is 5.86. The summed E-state index contributed by atoms with van der Waals surface area (Å²) >= 11 is 0. The van der Waals surface area contributed by atoms with E-state index in [1.54, 1.807) is 17.1 Å². The highest BCUT2D eigenvalue weighted by Crippen LogP contribution is 2.25. The van der Waals surface area contributed by atoms with Gasteiger partial charge in [-0.2, -0.15) is 0 Å². The maximum absolute atomic E-state index is 13.4. The first kappa shape index (κ1) is 29.3. The van der Waals surface area contributed by atoms with Crippen molar-refractivity contribution in [3.05, 3.63) is 61.2 Å². The van der Waals surface area contributed by atoms with Gasteiger partial charge in [-0.05, 0) is 37.7 Å². The number of ether oxygens (including phenoxy) is 2. The van der Waals surface area contributed by atoms with Gasteiger partial charge in [-0.3, -0.25) is 14.4 Å². The third-order valence-corrected chi connectivity index (χ3v) is 6.37. The normalized spacial score (nSPS) is 17.6. The number of nitrogens with zero attached hydrogens (tertiary/aromatic N) is 1. The van der Waals surface area contributed by atoms with Gasteiger partial charge in [0, 0.05) is 26.5 Å². The molecule has 1 fully saturated rings. The molecule has 0 spiro atoms. The van der Waals surface area contributed by atoms with Crippen LogP contribution in [0.15, 0.2) is 55.6 Å². The number of allylic oxidation sites excluding steroid dienone is 2. The minimum Gasteiger partial charge on any atom is -0.455 e. The van der Waals surface area contributed by atoms with Crippen LogP contribution in [-0.2, 0) is 23.9 Å². The van der Waals surface area contributed by atoms with Gasteiger partial charge in [0.2, 0.25) is 11.8 Å². The molecule has 0 unspecified atom stereocenters. The Kier molecular flexibility index (Phi) is 12.9. The average Bonchev–Trinajstić information content (AvgIpc) is 3.36. The lowest BCUT2D eigenvalue weighted by Gasteiger charge is -2.30. The number of hydrogen-bond acceptors (Lipinski definition) is 6. The topological polar surface area (TPSA) is 105 Å². The summed E-state index contributed by atoms with van der Waals surface area (Å²) in [7, 11) is 1.51. The van der Waals surface area contributed by atoms with E-state index in [1.165, 1.54) is 7.11 Å². The number of aliphatic hydroxyl groups excluding tert-OH is 1. The van der Waals surface area contributed by atoms with Crippen LogP contribution in [0.3, 0.4) is 0 Å². The molecule has 2 N–H and O–H groups in total. The number of carbonyl (C=O) groups excluding carboxylic acids is 3. The van der Waals surface area contributed by atoms with Gasteiger partial charge in [-0.15, -0.1) is 13.2 Å². The van der Waals surface area contributed by atoms with Crippen molar-refractivity contribution < 1.29 is 29.0 Å². The molecule has 198 valence electrons. The van der Waals surface area contributed by atoms with E-state index in [9.17, 15) is 19.5 Å². The number of aliphatic hydroxyl groups is 1. The van der Waals surface area contributed by atoms with E-state index in [0.717, 1.165) is 18.4 Å². The molecule has 0 aromatic heterocycles. The Hall–Kier alpha value is -2.97. The van der Waals surface area contributed by atoms with Gasteiger partial charge in [0.15, 0.2) is 0 Å². The van der Waals surface area contributed by atoms with Gasteiger partial charge in [-0.25, -0.2) is 0 Å². The molecule has 1 aromatic rings. The highest BCUT2D eigenvalue weighted by Gasteiger charge is 2.34. The van der Waals surface area contributed by atoms with Crippen LogP contribution in [0.4, 0.5) is 0 Å². The SMILES string of the molecule is C=CCCCC(=O)O[C@@H](c1ccccc1)[C@H](COC)NC(=O)[C@H](CC=C)CC(=O)N1CCC[C@H]1CO. The molecule has 0 aliphatic carbocycles. The molecule has 8 nitrogen and oxygen atoms in total. The molecule has 1 heterocycles. The number of carbonyl (C=O) groups is 3. The van der Waals surface area contributed by atoms with Crippen molar-refractivity contribution in [2.75, 3.05) is 26.9 Å². The van der Waals surface area contributed by atoms with Crippen LogP contribution in [0.5, 0.6) is 0 Å². The van der Waals surface area contributed by atoms with Crippen LogP contribution in [0.2, 0.25) is 0 Å². The van der Waals surface area contributed by atoms with Gasteiger partial charge >= 0.3 is 5.97 Å². The fraction of sp³-hybridized carbons (Fsp3) is 0.536. The largest absolute Gasteiger partial charge is 0.455 e. The second-order valence-electron chi connectivity index (χ2n) is 9.06. The Morgan fingerprint density at radius 2 is 1.97 bits per heavy atom. The minimum absolute atomic E-state index is 0.00536. The van der Waals surface area contributed by atoms with Crippen LogP contribution in [0.1, 0.15) is 56.6 Å². The van der Waals surface area contributed by atoms with Crippen molar-refractivity contribution in [3.8, 4) is 0 Å². The van der Waals surface area contributed by atoms with Gasteiger partial charge in [0.25, 0.3) is 0 Å². The summed E-state index contributed by atoms with van der Waals surface area (Å²) in [6, 6.07) is 8.35. The van der Waals surface area contributed by atoms with E-state index in [4.69, 9.17) is 9.47 Å².